The number of pyridine rings is 1. The Morgan fingerprint density at radius 1 is 1.12 bits per heavy atom. The van der Waals surface area contributed by atoms with Crippen molar-refractivity contribution in [3.8, 4) is 0 Å². The second kappa shape index (κ2) is 7.61. The lowest BCUT2D eigenvalue weighted by molar-refractivity contribution is -0.125. The van der Waals surface area contributed by atoms with Crippen LogP contribution in [-0.4, -0.2) is 28.7 Å². The summed E-state index contributed by atoms with van der Waals surface area (Å²) in [5, 5.41) is 0.996. The van der Waals surface area contributed by atoms with Gasteiger partial charge in [-0.05, 0) is 41.5 Å². The number of nitrogens with zero attached hydrogens (tertiary/aromatic N) is 2. The molecule has 2 amide bonds. The minimum atomic E-state index is -0.481. The first-order valence-electron chi connectivity index (χ1n) is 8.20. The second-order valence-electron chi connectivity index (χ2n) is 6.01. The Balaban J connectivity index is 1.73. The quantitative estimate of drug-likeness (QED) is 0.722. The van der Waals surface area contributed by atoms with Gasteiger partial charge < -0.3 is 10.6 Å². The zero-order valence-electron chi connectivity index (χ0n) is 14.4. The average Bonchev–Trinajstić information content (AvgIpc) is 2.66. The van der Waals surface area contributed by atoms with E-state index in [1.165, 1.54) is 0 Å². The minimum absolute atomic E-state index is 0.129. The number of carbonyl (C=O) groups is 2. The fraction of sp³-hybridized carbons (Fsp3) is 0.0952. The van der Waals surface area contributed by atoms with Crippen LogP contribution in [0.2, 0.25) is 0 Å². The summed E-state index contributed by atoms with van der Waals surface area (Å²) in [7, 11) is 1.72. The molecule has 0 fully saturated rings. The summed E-state index contributed by atoms with van der Waals surface area (Å²) in [6.45, 7) is 0.390. The maximum Gasteiger partial charge on any atom is 0.248 e. The Hall–Kier alpha value is -3.47. The second-order valence-corrected chi connectivity index (χ2v) is 6.01. The van der Waals surface area contributed by atoms with E-state index in [1.807, 2.05) is 36.4 Å². The largest absolute Gasteiger partial charge is 0.366 e. The number of aromatic nitrogens is 1. The predicted molar refractivity (Wildman–Crippen MR) is 102 cm³/mol. The Kier molecular flexibility index (Phi) is 5.08. The van der Waals surface area contributed by atoms with E-state index >= 15 is 0 Å². The Morgan fingerprint density at radius 3 is 2.73 bits per heavy atom. The first kappa shape index (κ1) is 17.4. The van der Waals surface area contributed by atoms with Crippen LogP contribution in [0.4, 0.5) is 0 Å². The lowest BCUT2D eigenvalue weighted by Gasteiger charge is -2.15. The summed E-state index contributed by atoms with van der Waals surface area (Å²) in [4.78, 5) is 29.6. The van der Waals surface area contributed by atoms with E-state index in [0.717, 1.165) is 22.0 Å². The smallest absolute Gasteiger partial charge is 0.248 e. The fourth-order valence-corrected chi connectivity index (χ4v) is 2.73. The normalized spacial score (nSPS) is 11.0. The van der Waals surface area contributed by atoms with Crippen LogP contribution >= 0.6 is 0 Å². The van der Waals surface area contributed by atoms with Crippen LogP contribution in [0.5, 0.6) is 0 Å². The standard InChI is InChI=1S/C21H19N3O2/c1-24(14-15-5-4-6-17(13-15)21(22)26)20(25)10-9-16-11-12-23-19-8-3-2-7-18(16)19/h2-13H,14H2,1H3,(H2,22,26). The maximum atomic E-state index is 12.4. The highest BCUT2D eigenvalue weighted by Crippen LogP contribution is 2.17. The van der Waals surface area contributed by atoms with Gasteiger partial charge in [-0.15, -0.1) is 0 Å². The highest BCUT2D eigenvalue weighted by Gasteiger charge is 2.08. The highest BCUT2D eigenvalue weighted by atomic mass is 16.2. The lowest BCUT2D eigenvalue weighted by Crippen LogP contribution is -2.24. The van der Waals surface area contributed by atoms with E-state index in [2.05, 4.69) is 4.98 Å². The summed E-state index contributed by atoms with van der Waals surface area (Å²) in [6, 6.07) is 16.6. The lowest BCUT2D eigenvalue weighted by atomic mass is 10.1. The number of hydrogen-bond acceptors (Lipinski definition) is 3. The number of amides is 2. The van der Waals surface area contributed by atoms with Gasteiger partial charge in [0.25, 0.3) is 0 Å². The molecule has 3 rings (SSSR count). The molecule has 0 radical (unpaired) electrons. The maximum absolute atomic E-state index is 12.4. The number of rotatable bonds is 5. The molecule has 5 nitrogen and oxygen atoms in total. The summed E-state index contributed by atoms with van der Waals surface area (Å²) in [5.74, 6) is -0.610. The van der Waals surface area contributed by atoms with Crippen molar-refractivity contribution in [1.29, 1.82) is 0 Å². The monoisotopic (exact) mass is 345 g/mol. The summed E-state index contributed by atoms with van der Waals surface area (Å²) in [6.07, 6.45) is 5.06. The first-order chi connectivity index (χ1) is 12.5. The summed E-state index contributed by atoms with van der Waals surface area (Å²) in [5.41, 5.74) is 8.40. The molecule has 3 aromatic rings. The van der Waals surface area contributed by atoms with Crippen molar-refractivity contribution < 1.29 is 9.59 Å². The molecule has 0 saturated carbocycles. The molecule has 26 heavy (non-hydrogen) atoms. The Bertz CT molecular complexity index is 990. The summed E-state index contributed by atoms with van der Waals surface area (Å²) < 4.78 is 0. The zero-order chi connectivity index (χ0) is 18.5. The van der Waals surface area contributed by atoms with Gasteiger partial charge in [0, 0.05) is 36.8 Å². The van der Waals surface area contributed by atoms with Gasteiger partial charge in [-0.1, -0.05) is 30.3 Å². The molecular formula is C21H19N3O2. The number of nitrogens with two attached hydrogens (primary N) is 1. The van der Waals surface area contributed by atoms with Gasteiger partial charge in [0.1, 0.15) is 0 Å². The van der Waals surface area contributed by atoms with Gasteiger partial charge >= 0.3 is 0 Å². The van der Waals surface area contributed by atoms with Crippen LogP contribution in [-0.2, 0) is 11.3 Å². The molecule has 0 saturated heterocycles. The molecule has 2 N–H and O–H groups in total. The molecule has 1 aromatic heterocycles. The Morgan fingerprint density at radius 2 is 1.92 bits per heavy atom. The molecule has 0 atom stereocenters. The average molecular weight is 345 g/mol. The van der Waals surface area contributed by atoms with Crippen molar-refractivity contribution in [2.45, 2.75) is 6.54 Å². The van der Waals surface area contributed by atoms with Gasteiger partial charge in [0.2, 0.25) is 11.8 Å². The van der Waals surface area contributed by atoms with Gasteiger partial charge in [-0.2, -0.15) is 0 Å². The van der Waals surface area contributed by atoms with E-state index in [4.69, 9.17) is 5.73 Å². The topological polar surface area (TPSA) is 76.3 Å². The third-order valence-corrected chi connectivity index (χ3v) is 4.10. The zero-order valence-corrected chi connectivity index (χ0v) is 14.4. The number of carbonyl (C=O) groups excluding carboxylic acids is 2. The molecule has 0 bridgehead atoms. The number of likely N-dealkylation sites (N-methyl/N-ethyl adjacent to an activating group) is 1. The number of benzene rings is 2. The predicted octanol–water partition coefficient (Wildman–Crippen LogP) is 3.01. The van der Waals surface area contributed by atoms with Crippen LogP contribution < -0.4 is 5.73 Å². The van der Waals surface area contributed by atoms with Gasteiger partial charge in [-0.25, -0.2) is 0 Å². The summed E-state index contributed by atoms with van der Waals surface area (Å²) >= 11 is 0. The molecule has 0 aliphatic carbocycles. The van der Waals surface area contributed by atoms with Crippen LogP contribution in [0.3, 0.4) is 0 Å². The van der Waals surface area contributed by atoms with Crippen molar-refractivity contribution in [3.05, 3.63) is 83.6 Å². The molecule has 0 unspecified atom stereocenters. The highest BCUT2D eigenvalue weighted by molar-refractivity contribution is 5.95. The molecular weight excluding hydrogens is 326 g/mol. The molecule has 130 valence electrons. The number of hydrogen-bond donors (Lipinski definition) is 1. The minimum Gasteiger partial charge on any atom is -0.366 e. The molecule has 1 heterocycles. The van der Waals surface area contributed by atoms with E-state index in [-0.39, 0.29) is 5.91 Å². The molecule has 2 aromatic carbocycles. The van der Waals surface area contributed by atoms with E-state index in [0.29, 0.717) is 12.1 Å². The molecule has 5 heteroatoms. The van der Waals surface area contributed by atoms with Gasteiger partial charge in [-0.3, -0.25) is 14.6 Å². The van der Waals surface area contributed by atoms with E-state index in [9.17, 15) is 9.59 Å². The van der Waals surface area contributed by atoms with Gasteiger partial charge in [0.05, 0.1) is 5.52 Å². The molecule has 0 aliphatic rings. The molecule has 0 spiro atoms. The van der Waals surface area contributed by atoms with E-state index < -0.39 is 5.91 Å². The first-order valence-corrected chi connectivity index (χ1v) is 8.20. The van der Waals surface area contributed by atoms with Crippen LogP contribution in [0.1, 0.15) is 21.5 Å². The fourth-order valence-electron chi connectivity index (χ4n) is 2.73. The SMILES string of the molecule is CN(Cc1cccc(C(N)=O)c1)C(=O)C=Cc1ccnc2ccccc12. The van der Waals surface area contributed by atoms with Crippen molar-refractivity contribution in [2.75, 3.05) is 7.05 Å². The van der Waals surface area contributed by atoms with Crippen LogP contribution in [0.25, 0.3) is 17.0 Å². The van der Waals surface area contributed by atoms with Crippen molar-refractivity contribution >= 4 is 28.8 Å². The number of fused-ring (bicyclic) bond motifs is 1. The van der Waals surface area contributed by atoms with E-state index in [1.54, 1.807) is 48.5 Å². The third kappa shape index (κ3) is 3.95. The van der Waals surface area contributed by atoms with Crippen molar-refractivity contribution in [1.82, 2.24) is 9.88 Å². The van der Waals surface area contributed by atoms with Crippen molar-refractivity contribution in [2.24, 2.45) is 5.73 Å². The molecule has 0 aliphatic heterocycles. The number of primary amides is 1. The van der Waals surface area contributed by atoms with Crippen LogP contribution in [0, 0.1) is 0 Å². The van der Waals surface area contributed by atoms with Crippen LogP contribution in [0.15, 0.2) is 66.9 Å². The van der Waals surface area contributed by atoms with Crippen molar-refractivity contribution in [3.63, 3.8) is 0 Å². The Labute approximate surface area is 151 Å². The third-order valence-electron chi connectivity index (χ3n) is 4.10. The number of para-hydroxylation sites is 1. The van der Waals surface area contributed by atoms with Gasteiger partial charge in [0.15, 0.2) is 0 Å².